The monoisotopic (exact) mass is 383 g/mol. The number of piperazine rings is 1. The Bertz CT molecular complexity index is 739. The summed E-state index contributed by atoms with van der Waals surface area (Å²) in [5, 5.41) is 2.59. The van der Waals surface area contributed by atoms with Crippen LogP contribution in [0.5, 0.6) is 0 Å². The van der Waals surface area contributed by atoms with Gasteiger partial charge in [-0.3, -0.25) is 14.4 Å². The number of nitrogens with zero attached hydrogens (tertiary/aromatic N) is 2. The van der Waals surface area contributed by atoms with Crippen LogP contribution in [0.1, 0.15) is 28.8 Å². The standard InChI is InChI=1S/C18H20F3N3O3/c19-18(20,21)14-4-2-1-3-13(14)17(27)24-9-7-23(8-10-24)15(25)11-22-16(26)12-5-6-12/h1-4,12H,5-11H2,(H,22,26). The summed E-state index contributed by atoms with van der Waals surface area (Å²) in [6.45, 7) is 0.636. The maximum Gasteiger partial charge on any atom is 0.417 e. The van der Waals surface area contributed by atoms with E-state index in [1.165, 1.54) is 21.9 Å². The number of alkyl halides is 3. The summed E-state index contributed by atoms with van der Waals surface area (Å²) in [6, 6.07) is 4.68. The van der Waals surface area contributed by atoms with Crippen molar-refractivity contribution in [2.75, 3.05) is 32.7 Å². The lowest BCUT2D eigenvalue weighted by molar-refractivity contribution is -0.138. The normalized spacial score (nSPS) is 17.6. The fourth-order valence-electron chi connectivity index (χ4n) is 3.01. The molecule has 0 spiro atoms. The quantitative estimate of drug-likeness (QED) is 0.857. The van der Waals surface area contributed by atoms with Crippen molar-refractivity contribution in [1.82, 2.24) is 15.1 Å². The van der Waals surface area contributed by atoms with E-state index in [2.05, 4.69) is 5.32 Å². The molecule has 1 aromatic rings. The minimum absolute atomic E-state index is 0.0148. The third kappa shape index (κ3) is 4.58. The molecule has 9 heteroatoms. The molecule has 1 aliphatic carbocycles. The second kappa shape index (κ2) is 7.58. The minimum atomic E-state index is -4.61. The van der Waals surface area contributed by atoms with Crippen LogP contribution in [0.15, 0.2) is 24.3 Å². The van der Waals surface area contributed by atoms with Crippen LogP contribution in [0.2, 0.25) is 0 Å². The van der Waals surface area contributed by atoms with Crippen LogP contribution in [-0.2, 0) is 15.8 Å². The van der Waals surface area contributed by atoms with E-state index < -0.39 is 17.6 Å². The van der Waals surface area contributed by atoms with Crippen LogP contribution < -0.4 is 5.32 Å². The molecule has 146 valence electrons. The lowest BCUT2D eigenvalue weighted by Crippen LogP contribution is -2.52. The van der Waals surface area contributed by atoms with E-state index in [-0.39, 0.29) is 56.0 Å². The first kappa shape index (κ1) is 19.2. The van der Waals surface area contributed by atoms with Gasteiger partial charge in [-0.05, 0) is 25.0 Å². The fourth-order valence-corrected chi connectivity index (χ4v) is 3.01. The maximum atomic E-state index is 13.1. The molecule has 1 saturated carbocycles. The number of amides is 3. The highest BCUT2D eigenvalue weighted by Gasteiger charge is 2.36. The lowest BCUT2D eigenvalue weighted by atomic mass is 10.1. The fraction of sp³-hybridized carbons (Fsp3) is 0.500. The number of carbonyl (C=O) groups excluding carboxylic acids is 3. The van der Waals surface area contributed by atoms with Crippen molar-refractivity contribution in [3.8, 4) is 0 Å². The molecule has 1 saturated heterocycles. The third-order valence-electron chi connectivity index (χ3n) is 4.74. The van der Waals surface area contributed by atoms with Crippen molar-refractivity contribution < 1.29 is 27.6 Å². The average molecular weight is 383 g/mol. The Hall–Kier alpha value is -2.58. The molecule has 1 heterocycles. The topological polar surface area (TPSA) is 69.7 Å². The second-order valence-electron chi connectivity index (χ2n) is 6.71. The Labute approximate surface area is 154 Å². The molecule has 1 aliphatic heterocycles. The van der Waals surface area contributed by atoms with Gasteiger partial charge in [0.2, 0.25) is 11.8 Å². The number of nitrogens with one attached hydrogen (secondary N) is 1. The molecule has 1 aromatic carbocycles. The molecule has 1 N–H and O–H groups in total. The third-order valence-corrected chi connectivity index (χ3v) is 4.74. The van der Waals surface area contributed by atoms with Crippen molar-refractivity contribution >= 4 is 17.7 Å². The molecular formula is C18H20F3N3O3. The van der Waals surface area contributed by atoms with Crippen molar-refractivity contribution in [3.05, 3.63) is 35.4 Å². The van der Waals surface area contributed by atoms with Gasteiger partial charge < -0.3 is 15.1 Å². The molecule has 0 bridgehead atoms. The van der Waals surface area contributed by atoms with Gasteiger partial charge in [-0.25, -0.2) is 0 Å². The van der Waals surface area contributed by atoms with Crippen molar-refractivity contribution in [2.45, 2.75) is 19.0 Å². The first-order chi connectivity index (χ1) is 12.8. The molecule has 0 radical (unpaired) electrons. The van der Waals surface area contributed by atoms with E-state index in [0.29, 0.717) is 0 Å². The number of benzene rings is 1. The van der Waals surface area contributed by atoms with Gasteiger partial charge in [0.05, 0.1) is 17.7 Å². The van der Waals surface area contributed by atoms with Gasteiger partial charge in [0.1, 0.15) is 0 Å². The predicted molar refractivity (Wildman–Crippen MR) is 89.7 cm³/mol. The zero-order valence-electron chi connectivity index (χ0n) is 14.6. The van der Waals surface area contributed by atoms with E-state index in [1.807, 2.05) is 0 Å². The maximum absolute atomic E-state index is 13.1. The van der Waals surface area contributed by atoms with Crippen LogP contribution in [-0.4, -0.2) is 60.2 Å². The van der Waals surface area contributed by atoms with Crippen LogP contribution in [0, 0.1) is 5.92 Å². The van der Waals surface area contributed by atoms with Gasteiger partial charge in [-0.15, -0.1) is 0 Å². The smallest absolute Gasteiger partial charge is 0.347 e. The summed E-state index contributed by atoms with van der Waals surface area (Å²) >= 11 is 0. The van der Waals surface area contributed by atoms with E-state index in [0.717, 1.165) is 25.0 Å². The lowest BCUT2D eigenvalue weighted by Gasteiger charge is -2.35. The zero-order valence-corrected chi connectivity index (χ0v) is 14.6. The second-order valence-corrected chi connectivity index (χ2v) is 6.71. The van der Waals surface area contributed by atoms with Gasteiger partial charge in [-0.1, -0.05) is 12.1 Å². The average Bonchev–Trinajstić information content (AvgIpc) is 3.50. The van der Waals surface area contributed by atoms with Gasteiger partial charge in [0, 0.05) is 32.1 Å². The first-order valence-corrected chi connectivity index (χ1v) is 8.78. The number of rotatable bonds is 4. The Kier molecular flexibility index (Phi) is 5.38. The largest absolute Gasteiger partial charge is 0.417 e. The van der Waals surface area contributed by atoms with Crippen LogP contribution in [0.3, 0.4) is 0 Å². The Morgan fingerprint density at radius 2 is 1.59 bits per heavy atom. The van der Waals surface area contributed by atoms with E-state index in [4.69, 9.17) is 0 Å². The van der Waals surface area contributed by atoms with Crippen LogP contribution in [0.25, 0.3) is 0 Å². The Morgan fingerprint density at radius 1 is 1.00 bits per heavy atom. The number of halogens is 3. The van der Waals surface area contributed by atoms with E-state index in [1.54, 1.807) is 0 Å². The Morgan fingerprint density at radius 3 is 2.19 bits per heavy atom. The SMILES string of the molecule is O=C(NCC(=O)N1CCN(C(=O)c2ccccc2C(F)(F)F)CC1)C1CC1. The van der Waals surface area contributed by atoms with Crippen molar-refractivity contribution in [2.24, 2.45) is 5.92 Å². The minimum Gasteiger partial charge on any atom is -0.347 e. The molecule has 0 aromatic heterocycles. The Balaban J connectivity index is 1.55. The van der Waals surface area contributed by atoms with Gasteiger partial charge in [0.15, 0.2) is 0 Å². The highest BCUT2D eigenvalue weighted by Crippen LogP contribution is 2.32. The summed E-state index contributed by atoms with van der Waals surface area (Å²) < 4.78 is 39.3. The van der Waals surface area contributed by atoms with Gasteiger partial charge >= 0.3 is 6.18 Å². The highest BCUT2D eigenvalue weighted by molar-refractivity contribution is 5.96. The number of carbonyl (C=O) groups is 3. The van der Waals surface area contributed by atoms with Crippen molar-refractivity contribution in [3.63, 3.8) is 0 Å². The molecule has 2 fully saturated rings. The van der Waals surface area contributed by atoms with E-state index in [9.17, 15) is 27.6 Å². The van der Waals surface area contributed by atoms with E-state index >= 15 is 0 Å². The number of hydrogen-bond acceptors (Lipinski definition) is 3. The van der Waals surface area contributed by atoms with Gasteiger partial charge in [-0.2, -0.15) is 13.2 Å². The number of hydrogen-bond donors (Lipinski definition) is 1. The summed E-state index contributed by atoms with van der Waals surface area (Å²) in [5.74, 6) is -1.06. The van der Waals surface area contributed by atoms with Crippen LogP contribution >= 0.6 is 0 Å². The molecule has 0 atom stereocenters. The molecule has 27 heavy (non-hydrogen) atoms. The predicted octanol–water partition coefficient (Wildman–Crippen LogP) is 1.52. The van der Waals surface area contributed by atoms with Crippen molar-refractivity contribution in [1.29, 1.82) is 0 Å². The van der Waals surface area contributed by atoms with Crippen LogP contribution in [0.4, 0.5) is 13.2 Å². The first-order valence-electron chi connectivity index (χ1n) is 8.78. The molecule has 2 aliphatic rings. The summed E-state index contributed by atoms with van der Waals surface area (Å²) in [6.07, 6.45) is -2.91. The summed E-state index contributed by atoms with van der Waals surface area (Å²) in [4.78, 5) is 39.0. The summed E-state index contributed by atoms with van der Waals surface area (Å²) in [7, 11) is 0. The molecule has 3 rings (SSSR count). The molecule has 3 amide bonds. The molecule has 0 unspecified atom stereocenters. The highest BCUT2D eigenvalue weighted by atomic mass is 19.4. The zero-order chi connectivity index (χ0) is 19.6. The summed E-state index contributed by atoms with van der Waals surface area (Å²) in [5.41, 5.74) is -1.35. The molecular weight excluding hydrogens is 363 g/mol. The molecule has 6 nitrogen and oxygen atoms in total. The van der Waals surface area contributed by atoms with Gasteiger partial charge in [0.25, 0.3) is 5.91 Å².